The molecule has 0 radical (unpaired) electrons. The summed E-state index contributed by atoms with van der Waals surface area (Å²) in [5.74, 6) is 1.04. The van der Waals surface area contributed by atoms with Crippen LogP contribution in [-0.2, 0) is 9.59 Å². The molecule has 2 aromatic heterocycles. The lowest BCUT2D eigenvalue weighted by Crippen LogP contribution is -2.40. The summed E-state index contributed by atoms with van der Waals surface area (Å²) >= 11 is 1.36. The number of aromatic nitrogens is 2. The molecular weight excluding hydrogens is 424 g/mol. The van der Waals surface area contributed by atoms with E-state index >= 15 is 0 Å². The van der Waals surface area contributed by atoms with Crippen LogP contribution in [0.15, 0.2) is 76.4 Å². The number of hydrogen-bond donors (Lipinski definition) is 1. The van der Waals surface area contributed by atoms with E-state index < -0.39 is 0 Å². The maximum absolute atomic E-state index is 13.4. The molecule has 2 amide bonds. The number of para-hydroxylation sites is 3. The van der Waals surface area contributed by atoms with Gasteiger partial charge in [-0.15, -0.1) is 0 Å². The van der Waals surface area contributed by atoms with E-state index in [2.05, 4.69) is 15.3 Å². The topological polar surface area (TPSA) is 88.3 Å². The van der Waals surface area contributed by atoms with Crippen LogP contribution in [-0.4, -0.2) is 33.6 Å². The number of benzene rings is 2. The molecule has 5 rings (SSSR count). The van der Waals surface area contributed by atoms with Gasteiger partial charge >= 0.3 is 0 Å². The minimum Gasteiger partial charge on any atom is -0.461 e. The van der Waals surface area contributed by atoms with Gasteiger partial charge in [-0.1, -0.05) is 42.1 Å². The summed E-state index contributed by atoms with van der Waals surface area (Å²) < 4.78 is 5.47. The molecule has 1 unspecified atom stereocenters. The number of anilines is 2. The van der Waals surface area contributed by atoms with Gasteiger partial charge in [0, 0.05) is 17.8 Å². The number of furan rings is 1. The zero-order valence-electron chi connectivity index (χ0n) is 17.3. The van der Waals surface area contributed by atoms with Crippen LogP contribution >= 0.6 is 11.8 Å². The van der Waals surface area contributed by atoms with Crippen molar-refractivity contribution in [2.75, 3.05) is 16.0 Å². The van der Waals surface area contributed by atoms with Crippen molar-refractivity contribution in [3.63, 3.8) is 0 Å². The molecule has 0 aliphatic carbocycles. The lowest BCUT2D eigenvalue weighted by molar-refractivity contribution is -0.117. The van der Waals surface area contributed by atoms with E-state index in [1.807, 2.05) is 61.5 Å². The second-order valence-electron chi connectivity index (χ2n) is 7.52. The number of rotatable bonds is 4. The van der Waals surface area contributed by atoms with Crippen LogP contribution in [0.5, 0.6) is 0 Å². The number of amides is 2. The molecule has 0 saturated heterocycles. The fourth-order valence-corrected chi connectivity index (χ4v) is 4.72. The Bertz CT molecular complexity index is 1310. The molecule has 160 valence electrons. The third-order valence-corrected chi connectivity index (χ3v) is 6.25. The summed E-state index contributed by atoms with van der Waals surface area (Å²) in [6, 6.07) is 18.4. The van der Waals surface area contributed by atoms with Crippen LogP contribution in [0.3, 0.4) is 0 Å². The Balaban J connectivity index is 1.46. The maximum Gasteiger partial charge on any atom is 0.237 e. The van der Waals surface area contributed by atoms with Crippen LogP contribution in [0.1, 0.15) is 13.3 Å². The Morgan fingerprint density at radius 2 is 1.94 bits per heavy atom. The summed E-state index contributed by atoms with van der Waals surface area (Å²) in [7, 11) is 0. The van der Waals surface area contributed by atoms with Gasteiger partial charge in [-0.3, -0.25) is 9.59 Å². The molecule has 7 nitrogen and oxygen atoms in total. The minimum absolute atomic E-state index is 0.0892. The second-order valence-corrected chi connectivity index (χ2v) is 8.48. The summed E-state index contributed by atoms with van der Waals surface area (Å²) in [4.78, 5) is 36.6. The molecular formula is C24H20N4O3S. The normalized spacial score (nSPS) is 15.8. The summed E-state index contributed by atoms with van der Waals surface area (Å²) in [6.45, 7) is 1.89. The summed E-state index contributed by atoms with van der Waals surface area (Å²) in [5.41, 5.74) is 2.14. The highest BCUT2D eigenvalue weighted by molar-refractivity contribution is 8.00. The molecule has 4 aromatic rings. The number of hydrogen-bond acceptors (Lipinski definition) is 6. The van der Waals surface area contributed by atoms with Gasteiger partial charge in [0.2, 0.25) is 11.8 Å². The number of carbonyl (C=O) groups excluding carboxylic acids is 2. The van der Waals surface area contributed by atoms with E-state index in [9.17, 15) is 9.59 Å². The third-order valence-electron chi connectivity index (χ3n) is 5.27. The number of thioether (sulfide) groups is 1. The van der Waals surface area contributed by atoms with Crippen molar-refractivity contribution in [3.05, 3.63) is 66.9 Å². The maximum atomic E-state index is 13.4. The van der Waals surface area contributed by atoms with Gasteiger partial charge in [-0.05, 0) is 37.3 Å². The number of carbonyl (C=O) groups is 2. The molecule has 1 atom stereocenters. The van der Waals surface area contributed by atoms with E-state index in [4.69, 9.17) is 4.42 Å². The molecule has 2 aromatic carbocycles. The largest absolute Gasteiger partial charge is 0.461 e. The zero-order valence-corrected chi connectivity index (χ0v) is 18.1. The van der Waals surface area contributed by atoms with Gasteiger partial charge in [0.25, 0.3) is 0 Å². The van der Waals surface area contributed by atoms with Gasteiger partial charge in [0.05, 0.1) is 28.9 Å². The average molecular weight is 445 g/mol. The van der Waals surface area contributed by atoms with Gasteiger partial charge in [0.15, 0.2) is 11.6 Å². The van der Waals surface area contributed by atoms with Crippen LogP contribution in [0.4, 0.5) is 11.4 Å². The lowest BCUT2D eigenvalue weighted by atomic mass is 10.2. The Kier molecular flexibility index (Phi) is 5.36. The van der Waals surface area contributed by atoms with Crippen molar-refractivity contribution in [3.8, 4) is 11.6 Å². The quantitative estimate of drug-likeness (QED) is 0.361. The zero-order chi connectivity index (χ0) is 22.1. The summed E-state index contributed by atoms with van der Waals surface area (Å²) in [6.07, 6.45) is 1.82. The number of nitrogens with one attached hydrogen (secondary N) is 1. The Morgan fingerprint density at radius 1 is 1.12 bits per heavy atom. The molecule has 8 heteroatoms. The van der Waals surface area contributed by atoms with Crippen LogP contribution in [0, 0.1) is 0 Å². The Labute approximate surface area is 188 Å². The molecule has 1 N–H and O–H groups in total. The van der Waals surface area contributed by atoms with Crippen molar-refractivity contribution in [1.82, 2.24) is 9.97 Å². The first-order valence-corrected chi connectivity index (χ1v) is 11.2. The van der Waals surface area contributed by atoms with Crippen LogP contribution in [0.25, 0.3) is 22.5 Å². The van der Waals surface area contributed by atoms with Crippen LogP contribution in [0.2, 0.25) is 0 Å². The predicted molar refractivity (Wildman–Crippen MR) is 125 cm³/mol. The van der Waals surface area contributed by atoms with Crippen LogP contribution < -0.4 is 10.2 Å². The first-order valence-electron chi connectivity index (χ1n) is 10.2. The molecule has 0 bridgehead atoms. The molecule has 1 aliphatic rings. The number of nitrogens with zero attached hydrogens (tertiary/aromatic N) is 3. The first-order chi connectivity index (χ1) is 15.6. The van der Waals surface area contributed by atoms with Gasteiger partial charge in [0.1, 0.15) is 5.03 Å². The van der Waals surface area contributed by atoms with Crippen molar-refractivity contribution in [2.45, 2.75) is 24.4 Å². The van der Waals surface area contributed by atoms with Gasteiger partial charge in [-0.2, -0.15) is 0 Å². The summed E-state index contributed by atoms with van der Waals surface area (Å²) in [5, 5.41) is 4.47. The highest BCUT2D eigenvalue weighted by atomic mass is 32.2. The smallest absolute Gasteiger partial charge is 0.237 e. The molecule has 1 aliphatic heterocycles. The predicted octanol–water partition coefficient (Wildman–Crippen LogP) is 4.75. The first kappa shape index (κ1) is 20.3. The second kappa shape index (κ2) is 8.47. The minimum atomic E-state index is -0.257. The molecule has 0 spiro atoms. The van der Waals surface area contributed by atoms with E-state index in [1.165, 1.54) is 11.8 Å². The SMILES string of the molecule is CC1CC(=O)Nc2ccccc2N1C(=O)CSc1nc(-c2ccco2)nc2ccccc12. The van der Waals surface area contributed by atoms with Crippen molar-refractivity contribution >= 4 is 45.9 Å². The standard InChI is InChI=1S/C24H20N4O3S/c1-15-13-21(29)25-18-9-4-5-10-19(18)28(15)22(30)14-32-24-16-7-2-3-8-17(16)26-23(27-24)20-11-6-12-31-20/h2-12,15H,13-14H2,1H3,(H,25,29). The lowest BCUT2D eigenvalue weighted by Gasteiger charge is -2.27. The van der Waals surface area contributed by atoms with E-state index in [0.717, 1.165) is 10.9 Å². The fourth-order valence-electron chi connectivity index (χ4n) is 3.84. The van der Waals surface area contributed by atoms with Gasteiger partial charge < -0.3 is 14.6 Å². The molecule has 0 fully saturated rings. The van der Waals surface area contributed by atoms with E-state index in [1.54, 1.807) is 17.2 Å². The van der Waals surface area contributed by atoms with Crippen molar-refractivity contribution < 1.29 is 14.0 Å². The molecule has 3 heterocycles. The van der Waals surface area contributed by atoms with Gasteiger partial charge in [-0.25, -0.2) is 9.97 Å². The average Bonchev–Trinajstić information content (AvgIpc) is 3.29. The van der Waals surface area contributed by atoms with Crippen molar-refractivity contribution in [1.29, 1.82) is 0 Å². The number of fused-ring (bicyclic) bond motifs is 2. The molecule has 0 saturated carbocycles. The Hall–Kier alpha value is -3.65. The van der Waals surface area contributed by atoms with E-state index in [-0.39, 0.29) is 30.0 Å². The van der Waals surface area contributed by atoms with Crippen molar-refractivity contribution in [2.24, 2.45) is 0 Å². The third kappa shape index (κ3) is 3.85. The fraction of sp³-hybridized carbons (Fsp3) is 0.167. The monoisotopic (exact) mass is 444 g/mol. The Morgan fingerprint density at radius 3 is 2.78 bits per heavy atom. The van der Waals surface area contributed by atoms with E-state index in [0.29, 0.717) is 28.0 Å². The highest BCUT2D eigenvalue weighted by Crippen LogP contribution is 2.33. The highest BCUT2D eigenvalue weighted by Gasteiger charge is 2.29. The molecule has 32 heavy (non-hydrogen) atoms.